The van der Waals surface area contributed by atoms with Gasteiger partial charge in [-0.05, 0) is 31.5 Å². The van der Waals surface area contributed by atoms with Gasteiger partial charge in [-0.1, -0.05) is 13.0 Å². The molecule has 1 aliphatic carbocycles. The molecular formula is C12H17FN2. The highest BCUT2D eigenvalue weighted by atomic mass is 19.1. The Balaban J connectivity index is 2.14. The van der Waals surface area contributed by atoms with Crippen molar-refractivity contribution in [1.82, 2.24) is 4.90 Å². The predicted octanol–water partition coefficient (Wildman–Crippen LogP) is 2.39. The van der Waals surface area contributed by atoms with Crippen LogP contribution in [-0.2, 0) is 6.54 Å². The molecule has 0 radical (unpaired) electrons. The van der Waals surface area contributed by atoms with Gasteiger partial charge in [-0.2, -0.15) is 0 Å². The second-order valence-electron chi connectivity index (χ2n) is 4.10. The summed E-state index contributed by atoms with van der Waals surface area (Å²) < 4.78 is 13.5. The molecule has 0 amide bonds. The Hall–Kier alpha value is -1.09. The number of anilines is 1. The largest absolute Gasteiger partial charge is 0.398 e. The number of nitrogens with zero attached hydrogens (tertiary/aromatic N) is 1. The molecule has 0 unspecified atom stereocenters. The Kier molecular flexibility index (Phi) is 2.91. The SMILES string of the molecule is CCN(Cc1c(N)cccc1F)C1CC1. The lowest BCUT2D eigenvalue weighted by atomic mass is 10.1. The number of nitrogen functional groups attached to an aromatic ring is 1. The number of nitrogens with two attached hydrogens (primary N) is 1. The zero-order valence-corrected chi connectivity index (χ0v) is 9.04. The van der Waals surface area contributed by atoms with Crippen LogP contribution in [0.3, 0.4) is 0 Å². The Morgan fingerprint density at radius 1 is 1.47 bits per heavy atom. The van der Waals surface area contributed by atoms with E-state index in [-0.39, 0.29) is 5.82 Å². The van der Waals surface area contributed by atoms with Gasteiger partial charge in [0.1, 0.15) is 5.82 Å². The van der Waals surface area contributed by atoms with Gasteiger partial charge in [0.25, 0.3) is 0 Å². The smallest absolute Gasteiger partial charge is 0.129 e. The van der Waals surface area contributed by atoms with Crippen molar-refractivity contribution < 1.29 is 4.39 Å². The third-order valence-electron chi connectivity index (χ3n) is 2.99. The van der Waals surface area contributed by atoms with Crippen LogP contribution in [0, 0.1) is 5.82 Å². The lowest BCUT2D eigenvalue weighted by molar-refractivity contribution is 0.266. The monoisotopic (exact) mass is 208 g/mol. The van der Waals surface area contributed by atoms with Crippen molar-refractivity contribution in [3.63, 3.8) is 0 Å². The fraction of sp³-hybridized carbons (Fsp3) is 0.500. The third kappa shape index (κ3) is 2.29. The number of halogens is 1. The van der Waals surface area contributed by atoms with Crippen LogP contribution >= 0.6 is 0 Å². The van der Waals surface area contributed by atoms with Crippen LogP contribution in [0.15, 0.2) is 18.2 Å². The summed E-state index contributed by atoms with van der Waals surface area (Å²) in [5, 5.41) is 0. The molecule has 2 rings (SSSR count). The summed E-state index contributed by atoms with van der Waals surface area (Å²) in [6, 6.07) is 5.54. The normalized spacial score (nSPS) is 15.9. The average Bonchev–Trinajstić information content (AvgIpc) is 3.01. The molecule has 0 heterocycles. The number of benzene rings is 1. The van der Waals surface area contributed by atoms with Gasteiger partial charge < -0.3 is 5.73 Å². The van der Waals surface area contributed by atoms with Gasteiger partial charge >= 0.3 is 0 Å². The lowest BCUT2D eigenvalue weighted by Crippen LogP contribution is -2.26. The first kappa shape index (κ1) is 10.4. The molecule has 1 saturated carbocycles. The van der Waals surface area contributed by atoms with Crippen molar-refractivity contribution in [2.45, 2.75) is 32.4 Å². The Bertz CT molecular complexity index is 327. The second kappa shape index (κ2) is 4.19. The van der Waals surface area contributed by atoms with Crippen molar-refractivity contribution >= 4 is 5.69 Å². The first-order valence-corrected chi connectivity index (χ1v) is 5.49. The van der Waals surface area contributed by atoms with Gasteiger partial charge in [0.2, 0.25) is 0 Å². The van der Waals surface area contributed by atoms with E-state index in [2.05, 4.69) is 11.8 Å². The van der Waals surface area contributed by atoms with Crippen molar-refractivity contribution in [1.29, 1.82) is 0 Å². The molecule has 3 heteroatoms. The van der Waals surface area contributed by atoms with Gasteiger partial charge in [-0.25, -0.2) is 4.39 Å². The lowest BCUT2D eigenvalue weighted by Gasteiger charge is -2.20. The molecule has 0 spiro atoms. The van der Waals surface area contributed by atoms with Crippen molar-refractivity contribution in [3.05, 3.63) is 29.6 Å². The molecule has 2 nitrogen and oxygen atoms in total. The molecule has 2 N–H and O–H groups in total. The summed E-state index contributed by atoms with van der Waals surface area (Å²) in [5.74, 6) is -0.186. The highest BCUT2D eigenvalue weighted by Gasteiger charge is 2.28. The van der Waals surface area contributed by atoms with E-state index in [1.165, 1.54) is 18.9 Å². The summed E-state index contributed by atoms with van der Waals surface area (Å²) in [4.78, 5) is 2.29. The van der Waals surface area contributed by atoms with E-state index in [4.69, 9.17) is 5.73 Å². The van der Waals surface area contributed by atoms with Gasteiger partial charge in [0, 0.05) is 23.8 Å². The summed E-state index contributed by atoms with van der Waals surface area (Å²) in [7, 11) is 0. The summed E-state index contributed by atoms with van der Waals surface area (Å²) >= 11 is 0. The molecule has 15 heavy (non-hydrogen) atoms. The third-order valence-corrected chi connectivity index (χ3v) is 2.99. The predicted molar refractivity (Wildman–Crippen MR) is 59.9 cm³/mol. The zero-order valence-electron chi connectivity index (χ0n) is 9.04. The van der Waals surface area contributed by atoms with E-state index in [0.29, 0.717) is 23.8 Å². The maximum absolute atomic E-state index is 13.5. The minimum atomic E-state index is -0.186. The standard InChI is InChI=1S/C12H17FN2/c1-2-15(9-6-7-9)8-10-11(13)4-3-5-12(10)14/h3-5,9H,2,6-8,14H2,1H3. The first-order chi connectivity index (χ1) is 7.22. The van der Waals surface area contributed by atoms with Crippen molar-refractivity contribution in [2.24, 2.45) is 0 Å². The van der Waals surface area contributed by atoms with Crippen LogP contribution in [0.25, 0.3) is 0 Å². The van der Waals surface area contributed by atoms with E-state index < -0.39 is 0 Å². The Morgan fingerprint density at radius 3 is 2.73 bits per heavy atom. The maximum atomic E-state index is 13.5. The maximum Gasteiger partial charge on any atom is 0.129 e. The van der Waals surface area contributed by atoms with E-state index in [1.807, 2.05) is 0 Å². The van der Waals surface area contributed by atoms with Gasteiger partial charge in [0.05, 0.1) is 0 Å². The Morgan fingerprint density at radius 2 is 2.20 bits per heavy atom. The minimum Gasteiger partial charge on any atom is -0.398 e. The second-order valence-corrected chi connectivity index (χ2v) is 4.10. The molecule has 1 aromatic rings. The van der Waals surface area contributed by atoms with Crippen LogP contribution in [0.4, 0.5) is 10.1 Å². The van der Waals surface area contributed by atoms with Gasteiger partial charge in [-0.15, -0.1) is 0 Å². The highest BCUT2D eigenvalue weighted by Crippen LogP contribution is 2.29. The first-order valence-electron chi connectivity index (χ1n) is 5.49. The molecule has 0 aromatic heterocycles. The quantitative estimate of drug-likeness (QED) is 0.770. The highest BCUT2D eigenvalue weighted by molar-refractivity contribution is 5.47. The van der Waals surface area contributed by atoms with Crippen LogP contribution in [0.1, 0.15) is 25.3 Å². The number of hydrogen-bond donors (Lipinski definition) is 1. The molecule has 1 fully saturated rings. The van der Waals surface area contributed by atoms with Gasteiger partial charge in [-0.3, -0.25) is 4.90 Å². The molecule has 0 aliphatic heterocycles. The molecule has 82 valence electrons. The summed E-state index contributed by atoms with van der Waals surface area (Å²) in [5.41, 5.74) is 6.99. The Labute approximate surface area is 89.9 Å². The van der Waals surface area contributed by atoms with Crippen LogP contribution in [0.2, 0.25) is 0 Å². The summed E-state index contributed by atoms with van der Waals surface area (Å²) in [6.07, 6.45) is 2.48. The fourth-order valence-corrected chi connectivity index (χ4v) is 1.88. The van der Waals surface area contributed by atoms with Crippen LogP contribution in [0.5, 0.6) is 0 Å². The van der Waals surface area contributed by atoms with E-state index in [1.54, 1.807) is 12.1 Å². The topological polar surface area (TPSA) is 29.3 Å². The molecule has 0 saturated heterocycles. The van der Waals surface area contributed by atoms with Crippen molar-refractivity contribution in [3.8, 4) is 0 Å². The van der Waals surface area contributed by atoms with E-state index in [0.717, 1.165) is 6.54 Å². The van der Waals surface area contributed by atoms with Gasteiger partial charge in [0.15, 0.2) is 0 Å². The van der Waals surface area contributed by atoms with Crippen LogP contribution < -0.4 is 5.73 Å². The molecule has 1 aromatic carbocycles. The number of hydrogen-bond acceptors (Lipinski definition) is 2. The molecular weight excluding hydrogens is 191 g/mol. The summed E-state index contributed by atoms with van der Waals surface area (Å²) in [6.45, 7) is 3.70. The molecule has 0 bridgehead atoms. The number of rotatable bonds is 4. The molecule has 0 atom stereocenters. The van der Waals surface area contributed by atoms with Crippen molar-refractivity contribution in [2.75, 3.05) is 12.3 Å². The zero-order chi connectivity index (χ0) is 10.8. The minimum absolute atomic E-state index is 0.186. The van der Waals surface area contributed by atoms with E-state index >= 15 is 0 Å². The fourth-order valence-electron chi connectivity index (χ4n) is 1.88. The van der Waals surface area contributed by atoms with Crippen LogP contribution in [-0.4, -0.2) is 17.5 Å². The molecule has 1 aliphatic rings. The average molecular weight is 208 g/mol. The van der Waals surface area contributed by atoms with E-state index in [9.17, 15) is 4.39 Å².